The maximum Gasteiger partial charge on any atom is 0.350 e. The molecule has 8 nitrogen and oxygen atoms in total. The number of nitro groups is 1. The van der Waals surface area contributed by atoms with Crippen molar-refractivity contribution in [3.8, 4) is 5.88 Å². The van der Waals surface area contributed by atoms with E-state index in [9.17, 15) is 10.1 Å². The van der Waals surface area contributed by atoms with Crippen LogP contribution in [0.25, 0.3) is 0 Å². The lowest BCUT2D eigenvalue weighted by Crippen LogP contribution is -2.41. The zero-order valence-corrected chi connectivity index (χ0v) is 19.1. The van der Waals surface area contributed by atoms with Crippen molar-refractivity contribution in [1.82, 2.24) is 9.78 Å². The smallest absolute Gasteiger partial charge is 0.350 e. The van der Waals surface area contributed by atoms with Crippen LogP contribution in [0.2, 0.25) is 18.1 Å². The van der Waals surface area contributed by atoms with Crippen molar-refractivity contribution in [2.75, 3.05) is 20.3 Å². The monoisotopic (exact) mass is 413 g/mol. The van der Waals surface area contributed by atoms with E-state index < -0.39 is 13.2 Å². The molecule has 9 heteroatoms. The van der Waals surface area contributed by atoms with Gasteiger partial charge in [0.2, 0.25) is 0 Å². The maximum absolute atomic E-state index is 11.4. The van der Waals surface area contributed by atoms with Crippen LogP contribution >= 0.6 is 0 Å². The molecule has 1 aliphatic carbocycles. The van der Waals surface area contributed by atoms with Gasteiger partial charge >= 0.3 is 11.6 Å². The van der Waals surface area contributed by atoms with E-state index in [2.05, 4.69) is 39.0 Å². The molecule has 1 saturated carbocycles. The van der Waals surface area contributed by atoms with Gasteiger partial charge in [0.05, 0.1) is 23.7 Å². The fraction of sp³-hybridized carbons (Fsp3) is 0.842. The highest BCUT2D eigenvalue weighted by molar-refractivity contribution is 6.74. The van der Waals surface area contributed by atoms with Crippen LogP contribution in [0.3, 0.4) is 0 Å². The summed E-state index contributed by atoms with van der Waals surface area (Å²) in [6.07, 6.45) is 6.13. The zero-order valence-electron chi connectivity index (χ0n) is 18.1. The van der Waals surface area contributed by atoms with Gasteiger partial charge in [-0.1, -0.05) is 20.8 Å². The summed E-state index contributed by atoms with van der Waals surface area (Å²) in [5.74, 6) is 0.103. The molecule has 0 amide bonds. The first-order valence-corrected chi connectivity index (χ1v) is 13.0. The van der Waals surface area contributed by atoms with E-state index in [0.717, 1.165) is 25.7 Å². The Morgan fingerprint density at radius 3 is 2.43 bits per heavy atom. The van der Waals surface area contributed by atoms with Crippen LogP contribution in [0.5, 0.6) is 5.88 Å². The number of methoxy groups -OCH3 is 1. The Labute approximate surface area is 168 Å². The van der Waals surface area contributed by atoms with Crippen LogP contribution in [0.4, 0.5) is 5.69 Å². The van der Waals surface area contributed by atoms with Crippen LogP contribution in [-0.4, -0.2) is 49.4 Å². The minimum Gasteiger partial charge on any atom is -0.472 e. The quantitative estimate of drug-likeness (QED) is 0.252. The molecule has 1 fully saturated rings. The number of nitrogens with zero attached hydrogens (tertiary/aromatic N) is 3. The summed E-state index contributed by atoms with van der Waals surface area (Å²) in [6.45, 7) is 12.0. The third kappa shape index (κ3) is 5.77. The highest BCUT2D eigenvalue weighted by Gasteiger charge is 2.36. The number of ether oxygens (including phenoxy) is 2. The molecular formula is C19H35N3O5Si. The van der Waals surface area contributed by atoms with Crippen molar-refractivity contribution >= 4 is 14.0 Å². The molecule has 0 unspecified atom stereocenters. The molecular weight excluding hydrogens is 378 g/mol. The van der Waals surface area contributed by atoms with Gasteiger partial charge in [-0.15, -0.1) is 5.10 Å². The first-order valence-electron chi connectivity index (χ1n) is 10.1. The summed E-state index contributed by atoms with van der Waals surface area (Å²) in [7, 11) is -0.0574. The molecule has 1 heterocycles. The highest BCUT2D eigenvalue weighted by Crippen LogP contribution is 2.37. The lowest BCUT2D eigenvalue weighted by molar-refractivity contribution is -0.386. The van der Waals surface area contributed by atoms with E-state index in [1.54, 1.807) is 11.8 Å². The van der Waals surface area contributed by atoms with Gasteiger partial charge < -0.3 is 13.9 Å². The van der Waals surface area contributed by atoms with Gasteiger partial charge in [0.15, 0.2) is 8.32 Å². The van der Waals surface area contributed by atoms with E-state index in [1.807, 2.05) is 0 Å². The minimum absolute atomic E-state index is 0.0702. The van der Waals surface area contributed by atoms with Gasteiger partial charge in [0.25, 0.3) is 0 Å². The third-order valence-electron chi connectivity index (χ3n) is 6.02. The van der Waals surface area contributed by atoms with Gasteiger partial charge in [0.1, 0.15) is 6.20 Å². The van der Waals surface area contributed by atoms with Crippen LogP contribution in [0, 0.1) is 10.1 Å². The van der Waals surface area contributed by atoms with Crippen LogP contribution in [0.15, 0.2) is 6.20 Å². The van der Waals surface area contributed by atoms with E-state index in [4.69, 9.17) is 13.9 Å². The lowest BCUT2D eigenvalue weighted by atomic mass is 9.93. The summed E-state index contributed by atoms with van der Waals surface area (Å²) in [4.78, 5) is 11.0. The molecule has 0 aromatic carbocycles. The summed E-state index contributed by atoms with van der Waals surface area (Å²) in [5, 5.41) is 15.9. The molecule has 2 rings (SSSR count). The first kappa shape index (κ1) is 22.8. The van der Waals surface area contributed by atoms with Gasteiger partial charge in [-0.05, 0) is 43.8 Å². The van der Waals surface area contributed by atoms with E-state index in [0.29, 0.717) is 19.6 Å². The van der Waals surface area contributed by atoms with E-state index in [-0.39, 0.29) is 28.8 Å². The molecule has 0 spiro atoms. The summed E-state index contributed by atoms with van der Waals surface area (Å²) in [6, 6.07) is 0.157. The fourth-order valence-corrected chi connectivity index (χ4v) is 4.19. The molecule has 0 radical (unpaired) electrons. The van der Waals surface area contributed by atoms with Crippen LogP contribution in [-0.2, 0) is 9.16 Å². The molecule has 0 atom stereocenters. The van der Waals surface area contributed by atoms with Gasteiger partial charge in [-0.2, -0.15) is 0 Å². The Hall–Kier alpha value is -1.45. The first-order chi connectivity index (χ1) is 13.0. The molecule has 28 heavy (non-hydrogen) atoms. The number of hydrogen-bond donors (Lipinski definition) is 0. The predicted octanol–water partition coefficient (Wildman–Crippen LogP) is 4.71. The van der Waals surface area contributed by atoms with Crippen molar-refractivity contribution in [1.29, 1.82) is 0 Å². The average Bonchev–Trinajstić information content (AvgIpc) is 3.05. The normalized spacial score (nSPS) is 20.9. The van der Waals surface area contributed by atoms with Crippen molar-refractivity contribution < 1.29 is 18.8 Å². The van der Waals surface area contributed by atoms with Crippen LogP contribution < -0.4 is 4.74 Å². The Morgan fingerprint density at radius 2 is 1.89 bits per heavy atom. The zero-order chi connectivity index (χ0) is 20.9. The molecule has 0 saturated heterocycles. The topological polar surface area (TPSA) is 88.7 Å². The van der Waals surface area contributed by atoms with E-state index in [1.165, 1.54) is 6.20 Å². The summed E-state index contributed by atoms with van der Waals surface area (Å²) in [5.41, 5.74) is -0.0702. The minimum atomic E-state index is -1.78. The molecule has 0 N–H and O–H groups in total. The third-order valence-corrected chi connectivity index (χ3v) is 10.6. The SMILES string of the molecule is COC1CCC(n2cc([N+](=O)[O-])c(OCCCO[Si](C)(C)C(C)(C)C)n2)CC1. The average molecular weight is 414 g/mol. The maximum atomic E-state index is 11.4. The number of rotatable bonds is 9. The standard InChI is InChI=1S/C19H35N3O5Si/c1-19(2,3)28(5,6)27-13-7-12-26-18-17(22(23)24)14-21(20-18)15-8-10-16(25-4)11-9-15/h14-16H,7-13H2,1-6H3. The van der Waals surface area contributed by atoms with Crippen molar-refractivity contribution in [2.24, 2.45) is 0 Å². The second kappa shape index (κ2) is 9.36. The van der Waals surface area contributed by atoms with Crippen LogP contribution in [0.1, 0.15) is 58.9 Å². The largest absolute Gasteiger partial charge is 0.472 e. The van der Waals surface area contributed by atoms with Gasteiger partial charge in [-0.25, -0.2) is 0 Å². The Balaban J connectivity index is 1.89. The number of hydrogen-bond acceptors (Lipinski definition) is 6. The van der Waals surface area contributed by atoms with Gasteiger partial charge in [0, 0.05) is 20.1 Å². The lowest BCUT2D eigenvalue weighted by Gasteiger charge is -2.36. The molecule has 0 bridgehead atoms. The fourth-order valence-electron chi connectivity index (χ4n) is 3.10. The predicted molar refractivity (Wildman–Crippen MR) is 110 cm³/mol. The second-order valence-electron chi connectivity index (χ2n) is 9.03. The summed E-state index contributed by atoms with van der Waals surface area (Å²) < 4.78 is 18.9. The van der Waals surface area contributed by atoms with Crippen molar-refractivity contribution in [3.05, 3.63) is 16.3 Å². The second-order valence-corrected chi connectivity index (χ2v) is 13.8. The Morgan fingerprint density at radius 1 is 1.25 bits per heavy atom. The highest BCUT2D eigenvalue weighted by atomic mass is 28.4. The molecule has 1 aromatic heterocycles. The van der Waals surface area contributed by atoms with Crippen molar-refractivity contribution in [2.45, 2.75) is 83.2 Å². The summed E-state index contributed by atoms with van der Waals surface area (Å²) >= 11 is 0. The number of aromatic nitrogens is 2. The van der Waals surface area contributed by atoms with E-state index >= 15 is 0 Å². The molecule has 0 aliphatic heterocycles. The Bertz CT molecular complexity index is 648. The van der Waals surface area contributed by atoms with Gasteiger partial charge in [-0.3, -0.25) is 14.8 Å². The molecule has 1 aliphatic rings. The Kier molecular flexibility index (Phi) is 7.63. The molecule has 1 aromatic rings. The van der Waals surface area contributed by atoms with Crippen molar-refractivity contribution in [3.63, 3.8) is 0 Å². The molecule has 160 valence electrons.